The molecule has 166 valence electrons. The van der Waals surface area contributed by atoms with Crippen molar-refractivity contribution in [1.29, 1.82) is 0 Å². The smallest absolute Gasteiger partial charge is 0.241 e. The van der Waals surface area contributed by atoms with Gasteiger partial charge in [-0.1, -0.05) is 65.1 Å². The average molecular weight is 484 g/mol. The van der Waals surface area contributed by atoms with Crippen molar-refractivity contribution in [3.8, 4) is 0 Å². The van der Waals surface area contributed by atoms with Crippen LogP contribution in [0.25, 0.3) is 0 Å². The van der Waals surface area contributed by atoms with Gasteiger partial charge in [0.1, 0.15) is 0 Å². The highest BCUT2D eigenvalue weighted by Gasteiger charge is 2.26. The third-order valence-electron chi connectivity index (χ3n) is 5.30. The molecule has 0 radical (unpaired) electrons. The molecular formula is C22H25Cl3N4O2. The molecule has 3 rings (SSSR count). The summed E-state index contributed by atoms with van der Waals surface area (Å²) in [6.45, 7) is 5.52. The van der Waals surface area contributed by atoms with Gasteiger partial charge in [-0.15, -0.1) is 0 Å². The molecule has 2 aromatic carbocycles. The van der Waals surface area contributed by atoms with Gasteiger partial charge in [-0.3, -0.25) is 19.4 Å². The number of hydrogen-bond acceptors (Lipinski definition) is 4. The van der Waals surface area contributed by atoms with Crippen LogP contribution in [0.4, 0.5) is 5.69 Å². The summed E-state index contributed by atoms with van der Waals surface area (Å²) in [5.74, 6) is -0.174. The molecule has 0 aliphatic carbocycles. The number of carbonyl (C=O) groups excluding carboxylic acids is 2. The van der Waals surface area contributed by atoms with Crippen LogP contribution in [0.2, 0.25) is 15.1 Å². The summed E-state index contributed by atoms with van der Waals surface area (Å²) in [6.07, 6.45) is 0. The van der Waals surface area contributed by atoms with Crippen LogP contribution < -0.4 is 10.6 Å². The van der Waals surface area contributed by atoms with Crippen LogP contribution >= 0.6 is 34.8 Å². The normalized spacial score (nSPS) is 16.0. The quantitative estimate of drug-likeness (QED) is 0.586. The van der Waals surface area contributed by atoms with Crippen LogP contribution in [0.3, 0.4) is 0 Å². The standard InChI is InChI=1S/C22H25Cl3N4O2/c1-15(22(31)27-20-12-18(24)17(23)11-19(20)25)29-9-7-28(8-10-29)14-21(30)26-13-16-5-3-2-4-6-16/h2-6,11-12,15H,7-10,13-14H2,1H3,(H,26,30)(H,27,31). The van der Waals surface area contributed by atoms with Gasteiger partial charge in [0.2, 0.25) is 11.8 Å². The van der Waals surface area contributed by atoms with Gasteiger partial charge in [-0.05, 0) is 24.6 Å². The Morgan fingerprint density at radius 3 is 2.29 bits per heavy atom. The Bertz CT molecular complexity index is 918. The van der Waals surface area contributed by atoms with E-state index in [1.807, 2.05) is 37.3 Å². The van der Waals surface area contributed by atoms with Crippen molar-refractivity contribution in [3.05, 3.63) is 63.1 Å². The SMILES string of the molecule is CC(C(=O)Nc1cc(Cl)c(Cl)cc1Cl)N1CCN(CC(=O)NCc2ccccc2)CC1. The minimum absolute atomic E-state index is 0.00245. The molecule has 1 aliphatic heterocycles. The monoisotopic (exact) mass is 482 g/mol. The van der Waals surface area contributed by atoms with Gasteiger partial charge >= 0.3 is 0 Å². The summed E-state index contributed by atoms with van der Waals surface area (Å²) in [6, 6.07) is 12.5. The van der Waals surface area contributed by atoms with E-state index in [2.05, 4.69) is 20.4 Å². The third-order valence-corrected chi connectivity index (χ3v) is 6.34. The summed E-state index contributed by atoms with van der Waals surface area (Å²) >= 11 is 18.1. The van der Waals surface area contributed by atoms with Gasteiger partial charge in [-0.25, -0.2) is 0 Å². The van der Waals surface area contributed by atoms with Crippen LogP contribution in [-0.2, 0) is 16.1 Å². The van der Waals surface area contributed by atoms with E-state index in [-0.39, 0.29) is 17.9 Å². The lowest BCUT2D eigenvalue weighted by atomic mass is 10.2. The molecule has 6 nitrogen and oxygen atoms in total. The molecule has 0 spiro atoms. The Hall–Kier alpha value is -1.83. The number of carbonyl (C=O) groups is 2. The number of nitrogens with zero attached hydrogens (tertiary/aromatic N) is 2. The summed E-state index contributed by atoms with van der Waals surface area (Å²) in [5, 5.41) is 6.76. The maximum Gasteiger partial charge on any atom is 0.241 e. The van der Waals surface area contributed by atoms with Crippen molar-refractivity contribution in [1.82, 2.24) is 15.1 Å². The van der Waals surface area contributed by atoms with E-state index >= 15 is 0 Å². The first-order valence-corrected chi connectivity index (χ1v) is 11.2. The number of nitrogens with one attached hydrogen (secondary N) is 2. The van der Waals surface area contributed by atoms with Crippen molar-refractivity contribution in [2.45, 2.75) is 19.5 Å². The number of rotatable bonds is 7. The molecule has 31 heavy (non-hydrogen) atoms. The van der Waals surface area contributed by atoms with Crippen molar-refractivity contribution in [3.63, 3.8) is 0 Å². The van der Waals surface area contributed by atoms with Crippen molar-refractivity contribution < 1.29 is 9.59 Å². The maximum atomic E-state index is 12.7. The molecule has 2 N–H and O–H groups in total. The first-order chi connectivity index (χ1) is 14.8. The molecule has 1 atom stereocenters. The van der Waals surface area contributed by atoms with E-state index in [4.69, 9.17) is 34.8 Å². The van der Waals surface area contributed by atoms with Gasteiger partial charge in [0.05, 0.1) is 33.3 Å². The van der Waals surface area contributed by atoms with Gasteiger partial charge in [0, 0.05) is 32.7 Å². The van der Waals surface area contributed by atoms with E-state index < -0.39 is 0 Å². The third kappa shape index (κ3) is 6.82. The minimum atomic E-state index is -0.348. The maximum absolute atomic E-state index is 12.7. The number of amides is 2. The van der Waals surface area contributed by atoms with Crippen LogP contribution in [0, 0.1) is 0 Å². The number of benzene rings is 2. The summed E-state index contributed by atoms with van der Waals surface area (Å²) in [7, 11) is 0. The van der Waals surface area contributed by atoms with Crippen LogP contribution in [-0.4, -0.2) is 60.4 Å². The fraction of sp³-hybridized carbons (Fsp3) is 0.364. The van der Waals surface area contributed by atoms with Crippen LogP contribution in [0.15, 0.2) is 42.5 Å². The number of anilines is 1. The largest absolute Gasteiger partial charge is 0.351 e. The first kappa shape index (κ1) is 23.8. The van der Waals surface area contributed by atoms with E-state index in [0.717, 1.165) is 5.56 Å². The lowest BCUT2D eigenvalue weighted by Gasteiger charge is -2.37. The molecule has 2 amide bonds. The Balaban J connectivity index is 1.43. The van der Waals surface area contributed by atoms with Crippen LogP contribution in [0.1, 0.15) is 12.5 Å². The predicted molar refractivity (Wildman–Crippen MR) is 126 cm³/mol. The predicted octanol–water partition coefficient (Wildman–Crippen LogP) is 3.91. The Kier molecular flexibility index (Phi) is 8.58. The van der Waals surface area contributed by atoms with Gasteiger partial charge < -0.3 is 10.6 Å². The molecule has 1 fully saturated rings. The molecule has 2 aromatic rings. The van der Waals surface area contributed by atoms with Crippen molar-refractivity contribution in [2.75, 3.05) is 38.0 Å². The van der Waals surface area contributed by atoms with Crippen molar-refractivity contribution in [2.24, 2.45) is 0 Å². The highest BCUT2D eigenvalue weighted by molar-refractivity contribution is 6.44. The zero-order valence-corrected chi connectivity index (χ0v) is 19.5. The van der Waals surface area contributed by atoms with Gasteiger partial charge in [0.15, 0.2) is 0 Å². The average Bonchev–Trinajstić information content (AvgIpc) is 2.76. The van der Waals surface area contributed by atoms with E-state index in [9.17, 15) is 9.59 Å². The summed E-state index contributed by atoms with van der Waals surface area (Å²) in [4.78, 5) is 29.1. The number of halogens is 3. The van der Waals surface area contributed by atoms with Gasteiger partial charge in [0.25, 0.3) is 0 Å². The molecule has 0 saturated carbocycles. The molecule has 1 unspecified atom stereocenters. The molecule has 1 saturated heterocycles. The number of hydrogen-bond donors (Lipinski definition) is 2. The minimum Gasteiger partial charge on any atom is -0.351 e. The summed E-state index contributed by atoms with van der Waals surface area (Å²) in [5.41, 5.74) is 1.50. The lowest BCUT2D eigenvalue weighted by molar-refractivity contribution is -0.124. The fourth-order valence-corrected chi connectivity index (χ4v) is 3.98. The first-order valence-electron chi connectivity index (χ1n) is 10.1. The Labute approximate surface area is 197 Å². The second kappa shape index (κ2) is 11.2. The zero-order chi connectivity index (χ0) is 22.4. The van der Waals surface area contributed by atoms with E-state index in [1.165, 1.54) is 6.07 Å². The lowest BCUT2D eigenvalue weighted by Crippen LogP contribution is -2.54. The highest BCUT2D eigenvalue weighted by atomic mass is 35.5. The van der Waals surface area contributed by atoms with E-state index in [0.29, 0.717) is 60.0 Å². The summed E-state index contributed by atoms with van der Waals surface area (Å²) < 4.78 is 0. The second-order valence-electron chi connectivity index (χ2n) is 7.49. The van der Waals surface area contributed by atoms with Gasteiger partial charge in [-0.2, -0.15) is 0 Å². The van der Waals surface area contributed by atoms with Crippen LogP contribution in [0.5, 0.6) is 0 Å². The van der Waals surface area contributed by atoms with Crippen molar-refractivity contribution >= 4 is 52.3 Å². The number of piperazine rings is 1. The molecule has 0 aromatic heterocycles. The molecular weight excluding hydrogens is 459 g/mol. The molecule has 0 bridgehead atoms. The topological polar surface area (TPSA) is 64.7 Å². The molecule has 1 heterocycles. The molecule has 1 aliphatic rings. The highest BCUT2D eigenvalue weighted by Crippen LogP contribution is 2.32. The second-order valence-corrected chi connectivity index (χ2v) is 8.71. The zero-order valence-electron chi connectivity index (χ0n) is 17.2. The Morgan fingerprint density at radius 2 is 1.61 bits per heavy atom. The van der Waals surface area contributed by atoms with E-state index in [1.54, 1.807) is 6.07 Å². The Morgan fingerprint density at radius 1 is 0.968 bits per heavy atom. The molecule has 9 heteroatoms. The fourth-order valence-electron chi connectivity index (χ4n) is 3.39.